The van der Waals surface area contributed by atoms with E-state index in [0.29, 0.717) is 30.8 Å². The number of carbonyl (C=O) groups is 2. The van der Waals surface area contributed by atoms with E-state index in [0.717, 1.165) is 18.2 Å². The van der Waals surface area contributed by atoms with Crippen LogP contribution >= 0.6 is 0 Å². The van der Waals surface area contributed by atoms with Gasteiger partial charge in [0.15, 0.2) is 0 Å². The molecule has 1 aromatic heterocycles. The minimum atomic E-state index is -0.805. The fourth-order valence-electron chi connectivity index (χ4n) is 3.42. The Morgan fingerprint density at radius 1 is 1.29 bits per heavy atom. The first kappa shape index (κ1) is 16.5. The summed E-state index contributed by atoms with van der Waals surface area (Å²) in [5.41, 5.74) is 1.32. The molecular weight excluding hydrogens is 308 g/mol. The number of carboxylic acid groups (broad SMARTS) is 1. The number of rotatable bonds is 5. The molecule has 0 atom stereocenters. The second-order valence-electron chi connectivity index (χ2n) is 6.13. The number of likely N-dealkylation sites (tertiary alicyclic amines) is 1. The van der Waals surface area contributed by atoms with Gasteiger partial charge in [0.05, 0.1) is 12.1 Å². The van der Waals surface area contributed by atoms with Gasteiger partial charge in [0.1, 0.15) is 11.8 Å². The summed E-state index contributed by atoms with van der Waals surface area (Å²) in [6.45, 7) is 4.01. The molecule has 1 amide bonds. The third kappa shape index (κ3) is 3.28. The van der Waals surface area contributed by atoms with Crippen LogP contribution in [0.4, 0.5) is 0 Å². The van der Waals surface area contributed by atoms with Gasteiger partial charge in [0, 0.05) is 24.5 Å². The quantitative estimate of drug-likeness (QED) is 0.911. The molecule has 1 fully saturated rings. The molecule has 6 nitrogen and oxygen atoms in total. The number of carboxylic acids is 1. The molecule has 1 aliphatic rings. The Kier molecular flexibility index (Phi) is 4.85. The highest BCUT2D eigenvalue weighted by atomic mass is 16.4. The molecule has 1 N–H and O–H groups in total. The maximum Gasteiger partial charge on any atom is 0.317 e. The number of hydrogen-bond acceptors (Lipinski definition) is 4. The van der Waals surface area contributed by atoms with Crippen molar-refractivity contribution in [3.8, 4) is 0 Å². The van der Waals surface area contributed by atoms with Crippen molar-refractivity contribution >= 4 is 22.8 Å². The van der Waals surface area contributed by atoms with Crippen molar-refractivity contribution in [1.82, 2.24) is 9.80 Å². The highest BCUT2D eigenvalue weighted by Crippen LogP contribution is 2.24. The summed E-state index contributed by atoms with van der Waals surface area (Å²) < 4.78 is 5.46. The van der Waals surface area contributed by atoms with Crippen molar-refractivity contribution < 1.29 is 19.1 Å². The van der Waals surface area contributed by atoms with Crippen molar-refractivity contribution in [3.05, 3.63) is 36.1 Å². The van der Waals surface area contributed by atoms with Gasteiger partial charge >= 0.3 is 5.97 Å². The van der Waals surface area contributed by atoms with Crippen LogP contribution < -0.4 is 0 Å². The smallest absolute Gasteiger partial charge is 0.317 e. The molecule has 0 radical (unpaired) electrons. The molecule has 0 unspecified atom stereocenters. The van der Waals surface area contributed by atoms with Gasteiger partial charge in [-0.15, -0.1) is 0 Å². The number of nitrogens with zero attached hydrogens (tertiary/aromatic N) is 2. The zero-order valence-electron chi connectivity index (χ0n) is 13.8. The van der Waals surface area contributed by atoms with Gasteiger partial charge in [-0.2, -0.15) is 0 Å². The van der Waals surface area contributed by atoms with Crippen LogP contribution in [-0.2, 0) is 4.79 Å². The number of furan rings is 1. The molecule has 0 saturated carbocycles. The monoisotopic (exact) mass is 330 g/mol. The lowest BCUT2D eigenvalue weighted by Crippen LogP contribution is -2.48. The van der Waals surface area contributed by atoms with Crippen LogP contribution in [0.25, 0.3) is 11.0 Å². The number of hydrogen-bond donors (Lipinski definition) is 1. The van der Waals surface area contributed by atoms with Crippen LogP contribution in [0.15, 0.2) is 34.9 Å². The minimum Gasteiger partial charge on any atom is -0.480 e. The first-order valence-electron chi connectivity index (χ1n) is 8.31. The largest absolute Gasteiger partial charge is 0.480 e. The lowest BCUT2D eigenvalue weighted by molar-refractivity contribution is -0.139. The fraction of sp³-hybridized carbons (Fsp3) is 0.444. The Bertz CT molecular complexity index is 731. The SMILES string of the molecule is CCN(CC(=O)O)C1CCN(C(=O)c2coc3ccccc23)CC1. The van der Waals surface area contributed by atoms with E-state index in [-0.39, 0.29) is 18.5 Å². The highest BCUT2D eigenvalue weighted by Gasteiger charge is 2.28. The van der Waals surface area contributed by atoms with E-state index in [9.17, 15) is 9.59 Å². The summed E-state index contributed by atoms with van der Waals surface area (Å²) in [6.07, 6.45) is 3.12. The van der Waals surface area contributed by atoms with Gasteiger partial charge in [-0.1, -0.05) is 25.1 Å². The van der Waals surface area contributed by atoms with E-state index in [1.807, 2.05) is 41.0 Å². The molecule has 3 rings (SSSR count). The van der Waals surface area contributed by atoms with E-state index >= 15 is 0 Å². The van der Waals surface area contributed by atoms with Crippen LogP contribution in [0.3, 0.4) is 0 Å². The van der Waals surface area contributed by atoms with Gasteiger partial charge in [-0.05, 0) is 25.5 Å². The molecular formula is C18H22N2O4. The van der Waals surface area contributed by atoms with Gasteiger partial charge in [-0.3, -0.25) is 14.5 Å². The second-order valence-corrected chi connectivity index (χ2v) is 6.13. The average Bonchev–Trinajstić information content (AvgIpc) is 3.03. The molecule has 2 heterocycles. The number of carbonyl (C=O) groups excluding carboxylic acids is 1. The summed E-state index contributed by atoms with van der Waals surface area (Å²) in [4.78, 5) is 27.5. The molecule has 6 heteroatoms. The Morgan fingerprint density at radius 2 is 2.00 bits per heavy atom. The maximum absolute atomic E-state index is 12.8. The average molecular weight is 330 g/mol. The maximum atomic E-state index is 12.8. The molecule has 0 spiro atoms. The zero-order valence-corrected chi connectivity index (χ0v) is 13.8. The van der Waals surface area contributed by atoms with Crippen molar-refractivity contribution in [1.29, 1.82) is 0 Å². The first-order valence-corrected chi connectivity index (χ1v) is 8.31. The Labute approximate surface area is 140 Å². The molecule has 1 aliphatic heterocycles. The van der Waals surface area contributed by atoms with E-state index in [4.69, 9.17) is 9.52 Å². The molecule has 0 aliphatic carbocycles. The van der Waals surface area contributed by atoms with Gasteiger partial charge in [0.25, 0.3) is 5.91 Å². The summed E-state index contributed by atoms with van der Waals surface area (Å²) in [6, 6.07) is 7.74. The summed E-state index contributed by atoms with van der Waals surface area (Å²) in [7, 11) is 0. The summed E-state index contributed by atoms with van der Waals surface area (Å²) in [5.74, 6) is -0.820. The topological polar surface area (TPSA) is 74.0 Å². The predicted molar refractivity (Wildman–Crippen MR) is 90.0 cm³/mol. The van der Waals surface area contributed by atoms with Crippen molar-refractivity contribution in [3.63, 3.8) is 0 Å². The number of piperidine rings is 1. The summed E-state index contributed by atoms with van der Waals surface area (Å²) in [5, 5.41) is 9.83. The van der Waals surface area contributed by atoms with Gasteiger partial charge in [0.2, 0.25) is 0 Å². The zero-order chi connectivity index (χ0) is 17.1. The number of fused-ring (bicyclic) bond motifs is 1. The lowest BCUT2D eigenvalue weighted by Gasteiger charge is -2.37. The van der Waals surface area contributed by atoms with Crippen LogP contribution in [0.1, 0.15) is 30.1 Å². The van der Waals surface area contributed by atoms with E-state index in [1.54, 1.807) is 0 Å². The number of para-hydroxylation sites is 1. The molecule has 0 bridgehead atoms. The van der Waals surface area contributed by atoms with Gasteiger partial charge < -0.3 is 14.4 Å². The van der Waals surface area contributed by atoms with E-state index in [2.05, 4.69) is 0 Å². The molecule has 128 valence electrons. The number of benzene rings is 1. The third-order valence-electron chi connectivity index (χ3n) is 4.72. The minimum absolute atomic E-state index is 0.0142. The van der Waals surface area contributed by atoms with Crippen LogP contribution in [0.5, 0.6) is 0 Å². The normalized spacial score (nSPS) is 16.0. The number of likely N-dealkylation sites (N-methyl/N-ethyl adjacent to an activating group) is 1. The third-order valence-corrected chi connectivity index (χ3v) is 4.72. The Hall–Kier alpha value is -2.34. The molecule has 1 saturated heterocycles. The second kappa shape index (κ2) is 7.05. The summed E-state index contributed by atoms with van der Waals surface area (Å²) >= 11 is 0. The van der Waals surface area contributed by atoms with Gasteiger partial charge in [-0.25, -0.2) is 0 Å². The molecule has 1 aromatic carbocycles. The molecule has 2 aromatic rings. The van der Waals surface area contributed by atoms with Crippen LogP contribution in [-0.4, -0.2) is 59.0 Å². The first-order chi connectivity index (χ1) is 11.6. The lowest BCUT2D eigenvalue weighted by atomic mass is 10.0. The van der Waals surface area contributed by atoms with Crippen molar-refractivity contribution in [2.45, 2.75) is 25.8 Å². The van der Waals surface area contributed by atoms with Crippen LogP contribution in [0, 0.1) is 0 Å². The standard InChI is InChI=1S/C18H22N2O4/c1-2-19(11-17(21)22)13-7-9-20(10-8-13)18(23)15-12-24-16-6-4-3-5-14(15)16/h3-6,12-13H,2,7-11H2,1H3,(H,21,22). The van der Waals surface area contributed by atoms with Crippen LogP contribution in [0.2, 0.25) is 0 Å². The molecule has 24 heavy (non-hydrogen) atoms. The fourth-order valence-corrected chi connectivity index (χ4v) is 3.42. The number of aliphatic carboxylic acids is 1. The number of amides is 1. The Balaban J connectivity index is 1.66. The van der Waals surface area contributed by atoms with E-state index in [1.165, 1.54) is 6.26 Å². The van der Waals surface area contributed by atoms with E-state index < -0.39 is 5.97 Å². The predicted octanol–water partition coefficient (Wildman–Crippen LogP) is 2.44. The van der Waals surface area contributed by atoms with Crippen molar-refractivity contribution in [2.24, 2.45) is 0 Å². The highest BCUT2D eigenvalue weighted by molar-refractivity contribution is 6.05. The van der Waals surface area contributed by atoms with Crippen molar-refractivity contribution in [2.75, 3.05) is 26.2 Å². The Morgan fingerprint density at radius 3 is 2.67 bits per heavy atom.